The zero-order valence-electron chi connectivity index (χ0n) is 6.32. The van der Waals surface area contributed by atoms with Crippen molar-refractivity contribution in [2.75, 3.05) is 0 Å². The molecule has 0 aliphatic rings. The largest absolute Gasteiger partial charge is 0.478 e. The van der Waals surface area contributed by atoms with E-state index in [0.717, 1.165) is 0 Å². The summed E-state index contributed by atoms with van der Waals surface area (Å²) in [5.74, 6) is -2.50. The summed E-state index contributed by atoms with van der Waals surface area (Å²) >= 11 is 3.06. The molecule has 0 aliphatic heterocycles. The molecule has 5 heteroatoms. The highest BCUT2D eigenvalue weighted by molar-refractivity contribution is 9.10. The van der Waals surface area contributed by atoms with E-state index in [0.29, 0.717) is 4.47 Å². The Bertz CT molecular complexity index is 372. The predicted molar refractivity (Wildman–Crippen MR) is 48.1 cm³/mol. The van der Waals surface area contributed by atoms with Crippen molar-refractivity contribution in [3.05, 3.63) is 33.8 Å². The molecule has 0 amide bonds. The summed E-state index contributed by atoms with van der Waals surface area (Å²) in [6.45, 7) is 0. The Balaban J connectivity index is 3.35. The highest BCUT2D eigenvalue weighted by Gasteiger charge is 2.15. The minimum Gasteiger partial charge on any atom is -0.478 e. The van der Waals surface area contributed by atoms with Crippen LogP contribution in [-0.2, 0) is 0 Å². The number of aromatic carboxylic acids is 2. The molecule has 0 unspecified atom stereocenters. The van der Waals surface area contributed by atoms with Crippen LogP contribution in [0.5, 0.6) is 0 Å². The summed E-state index contributed by atoms with van der Waals surface area (Å²) in [7, 11) is 0. The van der Waals surface area contributed by atoms with Crippen LogP contribution in [0.15, 0.2) is 22.7 Å². The molecule has 1 rings (SSSR count). The van der Waals surface area contributed by atoms with Crippen molar-refractivity contribution in [3.63, 3.8) is 0 Å². The third-order valence-electron chi connectivity index (χ3n) is 1.44. The Morgan fingerprint density at radius 3 is 2.54 bits per heavy atom. The first kappa shape index (κ1) is 9.73. The summed E-state index contributed by atoms with van der Waals surface area (Å²) in [5, 5.41) is 17.3. The maximum atomic E-state index is 10.6. The maximum absolute atomic E-state index is 10.6. The summed E-state index contributed by atoms with van der Waals surface area (Å²) < 4.78 is 0.537. The van der Waals surface area contributed by atoms with Gasteiger partial charge in [-0.15, -0.1) is 0 Å². The van der Waals surface area contributed by atoms with Crippen LogP contribution < -0.4 is 0 Å². The van der Waals surface area contributed by atoms with Gasteiger partial charge in [0, 0.05) is 4.47 Å². The SMILES string of the molecule is O=C(O)c1ccc(Br)cc1[14C](=O)O. The lowest BCUT2D eigenvalue weighted by Crippen LogP contribution is -2.07. The Hall–Kier alpha value is -1.36. The second-order valence-electron chi connectivity index (χ2n) is 2.30. The van der Waals surface area contributed by atoms with Gasteiger partial charge in [0.2, 0.25) is 0 Å². The van der Waals surface area contributed by atoms with Crippen LogP contribution >= 0.6 is 15.9 Å². The van der Waals surface area contributed by atoms with Crippen molar-refractivity contribution >= 4 is 27.9 Å². The average Bonchev–Trinajstić information content (AvgIpc) is 2.03. The molecule has 1 aromatic rings. The number of hydrogen-bond acceptors (Lipinski definition) is 2. The Labute approximate surface area is 81.9 Å². The van der Waals surface area contributed by atoms with Gasteiger partial charge < -0.3 is 10.2 Å². The molecule has 0 aliphatic carbocycles. The standard InChI is InChI=1S/C8H5BrO4/c9-4-1-2-5(7(10)11)6(3-4)8(12)13/h1-3H,(H,10,11)(H,12,13)/i8+2. The summed E-state index contributed by atoms with van der Waals surface area (Å²) in [6, 6.07) is 3.98. The number of halogens is 1. The van der Waals surface area contributed by atoms with Gasteiger partial charge in [-0.1, -0.05) is 15.9 Å². The Morgan fingerprint density at radius 1 is 1.46 bits per heavy atom. The smallest absolute Gasteiger partial charge is 0.336 e. The molecule has 0 saturated heterocycles. The molecule has 0 heterocycles. The van der Waals surface area contributed by atoms with Crippen LogP contribution in [0.3, 0.4) is 0 Å². The minimum absolute atomic E-state index is 0.212. The second-order valence-corrected chi connectivity index (χ2v) is 3.22. The number of carbonyl (C=O) groups is 2. The van der Waals surface area contributed by atoms with Gasteiger partial charge in [-0.2, -0.15) is 0 Å². The van der Waals surface area contributed by atoms with E-state index in [1.165, 1.54) is 18.2 Å². The molecule has 0 aromatic heterocycles. The zero-order valence-corrected chi connectivity index (χ0v) is 7.91. The van der Waals surface area contributed by atoms with Gasteiger partial charge in [0.15, 0.2) is 0 Å². The van der Waals surface area contributed by atoms with Gasteiger partial charge >= 0.3 is 11.9 Å². The number of carboxylic acids is 2. The lowest BCUT2D eigenvalue weighted by atomic mass is 10.2. The summed E-state index contributed by atoms with van der Waals surface area (Å²) in [4.78, 5) is 21.2. The van der Waals surface area contributed by atoms with Crippen LogP contribution in [0.1, 0.15) is 20.7 Å². The van der Waals surface area contributed by atoms with Crippen molar-refractivity contribution < 1.29 is 19.8 Å². The molecule has 2 N–H and O–H groups in total. The minimum atomic E-state index is -1.25. The van der Waals surface area contributed by atoms with Crippen LogP contribution in [0.25, 0.3) is 0 Å². The molecule has 0 spiro atoms. The van der Waals surface area contributed by atoms with Gasteiger partial charge in [-0.3, -0.25) is 0 Å². The van der Waals surface area contributed by atoms with Crippen molar-refractivity contribution in [1.29, 1.82) is 0 Å². The van der Waals surface area contributed by atoms with Crippen LogP contribution in [-0.4, -0.2) is 22.2 Å². The van der Waals surface area contributed by atoms with Gasteiger partial charge in [0.25, 0.3) is 0 Å². The lowest BCUT2D eigenvalue weighted by molar-refractivity contribution is 0.0651. The second kappa shape index (κ2) is 3.57. The molecule has 0 atom stereocenters. The highest BCUT2D eigenvalue weighted by atomic mass is 79.9. The zero-order chi connectivity index (χ0) is 10.0. The lowest BCUT2D eigenvalue weighted by Gasteiger charge is -2.00. The molecular weight excluding hydrogens is 242 g/mol. The van der Waals surface area contributed by atoms with Crippen LogP contribution in [0, 0.1) is 0 Å². The van der Waals surface area contributed by atoms with Gasteiger partial charge in [0.1, 0.15) is 0 Å². The molecule has 13 heavy (non-hydrogen) atoms. The fourth-order valence-corrected chi connectivity index (χ4v) is 1.24. The van der Waals surface area contributed by atoms with Crippen LogP contribution in [0.4, 0.5) is 0 Å². The summed E-state index contributed by atoms with van der Waals surface area (Å²) in [5.41, 5.74) is -0.433. The van der Waals surface area contributed by atoms with Crippen molar-refractivity contribution in [1.82, 2.24) is 0 Å². The monoisotopic (exact) mass is 246 g/mol. The molecule has 1 aromatic carbocycles. The maximum Gasteiger partial charge on any atom is 0.336 e. The van der Waals surface area contributed by atoms with Gasteiger partial charge in [-0.25, -0.2) is 9.59 Å². The molecule has 68 valence electrons. The number of carboxylic acid groups (broad SMARTS) is 2. The molecular formula is C8H5BrO4. The van der Waals surface area contributed by atoms with E-state index in [9.17, 15) is 9.59 Å². The molecule has 4 nitrogen and oxygen atoms in total. The normalized spacial score (nSPS) is 9.62. The van der Waals surface area contributed by atoms with E-state index in [-0.39, 0.29) is 11.1 Å². The Morgan fingerprint density at radius 2 is 2.08 bits per heavy atom. The first-order valence-electron chi connectivity index (χ1n) is 3.28. The molecule has 0 bridgehead atoms. The van der Waals surface area contributed by atoms with Crippen LogP contribution in [0.2, 0.25) is 0 Å². The number of benzene rings is 1. The topological polar surface area (TPSA) is 74.6 Å². The molecule has 0 fully saturated rings. The van der Waals surface area contributed by atoms with E-state index in [1.807, 2.05) is 0 Å². The highest BCUT2D eigenvalue weighted by Crippen LogP contribution is 2.16. The predicted octanol–water partition coefficient (Wildman–Crippen LogP) is 1.85. The van der Waals surface area contributed by atoms with Gasteiger partial charge in [-0.05, 0) is 18.2 Å². The first-order valence-corrected chi connectivity index (χ1v) is 4.08. The van der Waals surface area contributed by atoms with Gasteiger partial charge in [0.05, 0.1) is 11.1 Å². The first-order chi connectivity index (χ1) is 6.02. The van der Waals surface area contributed by atoms with Crippen molar-refractivity contribution in [2.24, 2.45) is 0 Å². The Kier molecular flexibility index (Phi) is 2.67. The number of hydrogen-bond donors (Lipinski definition) is 2. The van der Waals surface area contributed by atoms with Crippen molar-refractivity contribution in [2.45, 2.75) is 0 Å². The average molecular weight is 247 g/mol. The van der Waals surface area contributed by atoms with E-state index in [4.69, 9.17) is 10.2 Å². The summed E-state index contributed by atoms with van der Waals surface area (Å²) in [6.07, 6.45) is 0. The fourth-order valence-electron chi connectivity index (χ4n) is 0.880. The van der Waals surface area contributed by atoms with E-state index in [2.05, 4.69) is 15.9 Å². The van der Waals surface area contributed by atoms with E-state index < -0.39 is 11.9 Å². The third-order valence-corrected chi connectivity index (χ3v) is 1.94. The fraction of sp³-hybridized carbons (Fsp3) is 0. The molecule has 0 saturated carbocycles. The van der Waals surface area contributed by atoms with E-state index in [1.54, 1.807) is 0 Å². The quantitative estimate of drug-likeness (QED) is 0.836. The number of rotatable bonds is 2. The third kappa shape index (κ3) is 2.06. The van der Waals surface area contributed by atoms with Crippen molar-refractivity contribution in [3.8, 4) is 0 Å². The van der Waals surface area contributed by atoms with E-state index >= 15 is 0 Å². The molecule has 0 radical (unpaired) electrons.